The van der Waals surface area contributed by atoms with E-state index in [0.29, 0.717) is 22.8 Å². The Kier molecular flexibility index (Phi) is 5.26. The molecular weight excluding hydrogens is 298 g/mol. The lowest BCUT2D eigenvalue weighted by molar-refractivity contribution is -0.139. The monoisotopic (exact) mass is 319 g/mol. The zero-order chi connectivity index (χ0) is 17.0. The molecule has 2 rings (SSSR count). The summed E-state index contributed by atoms with van der Waals surface area (Å²) in [7, 11) is 3.11. The molecular formula is C17H21NO5. The molecule has 6 nitrogen and oxygen atoms in total. The number of esters is 1. The summed E-state index contributed by atoms with van der Waals surface area (Å²) in [6.07, 6.45) is 0.148. The Bertz CT molecular complexity index is 650. The Morgan fingerprint density at radius 2 is 2.04 bits per heavy atom. The second-order valence-corrected chi connectivity index (χ2v) is 5.17. The highest BCUT2D eigenvalue weighted by atomic mass is 16.5. The molecule has 124 valence electrons. The van der Waals surface area contributed by atoms with E-state index in [1.54, 1.807) is 46.3 Å². The maximum atomic E-state index is 12.3. The molecule has 0 bridgehead atoms. The van der Waals surface area contributed by atoms with Crippen molar-refractivity contribution in [3.05, 3.63) is 35.0 Å². The molecule has 0 unspecified atom stereocenters. The van der Waals surface area contributed by atoms with Gasteiger partial charge in [-0.1, -0.05) is 0 Å². The van der Waals surface area contributed by atoms with Gasteiger partial charge in [0.2, 0.25) is 5.91 Å². The van der Waals surface area contributed by atoms with Crippen LogP contribution in [0.15, 0.2) is 29.5 Å². The molecule has 0 saturated carbocycles. The molecule has 0 radical (unpaired) electrons. The average molecular weight is 319 g/mol. The number of ether oxygens (including phenoxy) is 3. The number of amides is 1. The van der Waals surface area contributed by atoms with Crippen LogP contribution < -0.4 is 14.8 Å². The molecule has 23 heavy (non-hydrogen) atoms. The van der Waals surface area contributed by atoms with Gasteiger partial charge in [-0.15, -0.1) is 0 Å². The van der Waals surface area contributed by atoms with Gasteiger partial charge in [0.1, 0.15) is 11.5 Å². The molecule has 1 N–H and O–H groups in total. The van der Waals surface area contributed by atoms with Crippen molar-refractivity contribution in [2.45, 2.75) is 26.2 Å². The van der Waals surface area contributed by atoms with Gasteiger partial charge in [0.25, 0.3) is 0 Å². The van der Waals surface area contributed by atoms with Gasteiger partial charge in [-0.3, -0.25) is 4.79 Å². The summed E-state index contributed by atoms with van der Waals surface area (Å²) in [4.78, 5) is 24.3. The second kappa shape index (κ2) is 7.17. The highest BCUT2D eigenvalue weighted by Crippen LogP contribution is 2.39. The summed E-state index contributed by atoms with van der Waals surface area (Å²) >= 11 is 0. The topological polar surface area (TPSA) is 73.9 Å². The fourth-order valence-electron chi connectivity index (χ4n) is 2.76. The third kappa shape index (κ3) is 3.47. The number of nitrogens with one attached hydrogen (secondary N) is 1. The number of hydrogen-bond donors (Lipinski definition) is 1. The number of carbonyl (C=O) groups excluding carboxylic acids is 2. The van der Waals surface area contributed by atoms with E-state index in [4.69, 9.17) is 14.2 Å². The van der Waals surface area contributed by atoms with Crippen LogP contribution in [-0.2, 0) is 14.3 Å². The molecule has 1 aromatic carbocycles. The number of rotatable bonds is 5. The lowest BCUT2D eigenvalue weighted by atomic mass is 9.84. The Balaban J connectivity index is 2.56. The summed E-state index contributed by atoms with van der Waals surface area (Å²) in [5.41, 5.74) is 1.68. The second-order valence-electron chi connectivity index (χ2n) is 5.17. The van der Waals surface area contributed by atoms with Gasteiger partial charge >= 0.3 is 5.97 Å². The average Bonchev–Trinajstić information content (AvgIpc) is 2.53. The van der Waals surface area contributed by atoms with Crippen molar-refractivity contribution in [3.63, 3.8) is 0 Å². The maximum absolute atomic E-state index is 12.3. The minimum atomic E-state index is -0.437. The van der Waals surface area contributed by atoms with E-state index >= 15 is 0 Å². The number of allylic oxidation sites excluding steroid dienone is 1. The van der Waals surface area contributed by atoms with E-state index in [1.165, 1.54) is 0 Å². The van der Waals surface area contributed by atoms with E-state index < -0.39 is 11.9 Å². The first kappa shape index (κ1) is 16.9. The van der Waals surface area contributed by atoms with Crippen LogP contribution in [0, 0.1) is 0 Å². The quantitative estimate of drug-likeness (QED) is 0.842. The minimum Gasteiger partial charge on any atom is -0.497 e. The molecule has 1 atom stereocenters. The van der Waals surface area contributed by atoms with Crippen LogP contribution in [0.2, 0.25) is 0 Å². The van der Waals surface area contributed by atoms with Gasteiger partial charge in [0.15, 0.2) is 0 Å². The standard InChI is InChI=1S/C17H21NO5/c1-5-23-17(20)16-10(2)18-15(19)9-13(16)12-8-11(21-3)6-7-14(12)22-4/h6-8,13H,5,9H2,1-4H3,(H,18,19)/t13-/m0/s1. The summed E-state index contributed by atoms with van der Waals surface area (Å²) in [6.45, 7) is 3.71. The number of carbonyl (C=O) groups is 2. The summed E-state index contributed by atoms with van der Waals surface area (Å²) < 4.78 is 15.8. The molecule has 6 heteroatoms. The molecule has 1 heterocycles. The largest absolute Gasteiger partial charge is 0.497 e. The fourth-order valence-corrected chi connectivity index (χ4v) is 2.76. The van der Waals surface area contributed by atoms with Gasteiger partial charge in [0.05, 0.1) is 26.4 Å². The van der Waals surface area contributed by atoms with E-state index in [-0.39, 0.29) is 18.9 Å². The third-order valence-electron chi connectivity index (χ3n) is 3.78. The van der Waals surface area contributed by atoms with Gasteiger partial charge in [0, 0.05) is 23.6 Å². The van der Waals surface area contributed by atoms with Crippen molar-refractivity contribution in [1.82, 2.24) is 5.32 Å². The summed E-state index contributed by atoms with van der Waals surface area (Å²) in [5, 5.41) is 2.70. The van der Waals surface area contributed by atoms with Crippen molar-refractivity contribution in [2.75, 3.05) is 20.8 Å². The molecule has 0 aliphatic carbocycles. The van der Waals surface area contributed by atoms with Gasteiger partial charge in [-0.05, 0) is 32.0 Å². The van der Waals surface area contributed by atoms with Crippen LogP contribution in [0.4, 0.5) is 0 Å². The van der Waals surface area contributed by atoms with Crippen molar-refractivity contribution in [3.8, 4) is 11.5 Å². The zero-order valence-electron chi connectivity index (χ0n) is 13.8. The van der Waals surface area contributed by atoms with Crippen LogP contribution in [0.25, 0.3) is 0 Å². The highest BCUT2D eigenvalue weighted by molar-refractivity contribution is 5.96. The summed E-state index contributed by atoms with van der Waals surface area (Å²) in [5.74, 6) is 0.214. The number of hydrogen-bond acceptors (Lipinski definition) is 5. The van der Waals surface area contributed by atoms with E-state index in [2.05, 4.69) is 5.32 Å². The smallest absolute Gasteiger partial charge is 0.336 e. The van der Waals surface area contributed by atoms with Crippen LogP contribution in [0.3, 0.4) is 0 Å². The van der Waals surface area contributed by atoms with Crippen LogP contribution >= 0.6 is 0 Å². The first-order valence-corrected chi connectivity index (χ1v) is 7.41. The minimum absolute atomic E-state index is 0.148. The van der Waals surface area contributed by atoms with Crippen molar-refractivity contribution >= 4 is 11.9 Å². The van der Waals surface area contributed by atoms with Crippen molar-refractivity contribution < 1.29 is 23.8 Å². The molecule has 0 aromatic heterocycles. The molecule has 1 aromatic rings. The number of benzene rings is 1. The van der Waals surface area contributed by atoms with E-state index in [0.717, 1.165) is 5.56 Å². The van der Waals surface area contributed by atoms with Crippen molar-refractivity contribution in [1.29, 1.82) is 0 Å². The molecule has 0 saturated heterocycles. The fraction of sp³-hybridized carbons (Fsp3) is 0.412. The Labute approximate surface area is 135 Å². The van der Waals surface area contributed by atoms with Gasteiger partial charge in [-0.2, -0.15) is 0 Å². The van der Waals surface area contributed by atoms with Crippen LogP contribution in [0.5, 0.6) is 11.5 Å². The normalized spacial score (nSPS) is 17.6. The molecule has 1 amide bonds. The van der Waals surface area contributed by atoms with Gasteiger partial charge < -0.3 is 19.5 Å². The van der Waals surface area contributed by atoms with Crippen LogP contribution in [-0.4, -0.2) is 32.7 Å². The lowest BCUT2D eigenvalue weighted by Gasteiger charge is -2.27. The molecule has 0 spiro atoms. The Hall–Kier alpha value is -2.50. The molecule has 1 aliphatic heterocycles. The highest BCUT2D eigenvalue weighted by Gasteiger charge is 2.34. The first-order chi connectivity index (χ1) is 11.0. The lowest BCUT2D eigenvalue weighted by Crippen LogP contribution is -2.34. The predicted molar refractivity (Wildman–Crippen MR) is 84.4 cm³/mol. The van der Waals surface area contributed by atoms with E-state index in [1.807, 2.05) is 0 Å². The summed E-state index contributed by atoms with van der Waals surface area (Å²) in [6, 6.07) is 5.32. The zero-order valence-corrected chi connectivity index (χ0v) is 13.8. The SMILES string of the molecule is CCOC(=O)C1=C(C)NC(=O)C[C@H]1c1cc(OC)ccc1OC. The van der Waals surface area contributed by atoms with E-state index in [9.17, 15) is 9.59 Å². The van der Waals surface area contributed by atoms with Gasteiger partial charge in [-0.25, -0.2) is 4.79 Å². The Morgan fingerprint density at radius 3 is 2.65 bits per heavy atom. The number of methoxy groups -OCH3 is 2. The Morgan fingerprint density at radius 1 is 1.30 bits per heavy atom. The van der Waals surface area contributed by atoms with Crippen LogP contribution in [0.1, 0.15) is 31.7 Å². The van der Waals surface area contributed by atoms with Crippen molar-refractivity contribution in [2.24, 2.45) is 0 Å². The first-order valence-electron chi connectivity index (χ1n) is 7.41. The molecule has 0 fully saturated rings. The molecule has 1 aliphatic rings. The maximum Gasteiger partial charge on any atom is 0.336 e. The third-order valence-corrected chi connectivity index (χ3v) is 3.78. The predicted octanol–water partition coefficient (Wildman–Crippen LogP) is 2.14.